The maximum absolute atomic E-state index is 11.2. The van der Waals surface area contributed by atoms with E-state index in [0.29, 0.717) is 11.7 Å². The smallest absolute Gasteiger partial charge is 0.312 e. The molecule has 0 spiro atoms. The van der Waals surface area contributed by atoms with E-state index in [1.165, 1.54) is 0 Å². The Morgan fingerprint density at radius 1 is 1.60 bits per heavy atom. The summed E-state index contributed by atoms with van der Waals surface area (Å²) in [4.78, 5) is 11.2. The zero-order valence-corrected chi connectivity index (χ0v) is 9.28. The minimum absolute atomic E-state index is 0.249. The molecule has 0 saturated carbocycles. The van der Waals surface area contributed by atoms with Crippen molar-refractivity contribution in [2.75, 3.05) is 0 Å². The summed E-state index contributed by atoms with van der Waals surface area (Å²) in [5.41, 5.74) is 0.486. The van der Waals surface area contributed by atoms with Crippen LogP contribution in [0, 0.1) is 11.3 Å². The van der Waals surface area contributed by atoms with Gasteiger partial charge in [-0.2, -0.15) is 0 Å². The highest BCUT2D eigenvalue weighted by Crippen LogP contribution is 2.46. The first-order valence-corrected chi connectivity index (χ1v) is 5.26. The highest BCUT2D eigenvalue weighted by molar-refractivity contribution is 5.76. The van der Waals surface area contributed by atoms with E-state index in [0.717, 1.165) is 5.57 Å². The molecule has 1 saturated heterocycles. The van der Waals surface area contributed by atoms with Crippen LogP contribution in [0.5, 0.6) is 0 Å². The Hall–Kier alpha value is -1.09. The molecule has 1 aliphatic heterocycles. The predicted octanol–water partition coefficient (Wildman–Crippen LogP) is 1.78. The molecule has 82 valence electrons. The summed E-state index contributed by atoms with van der Waals surface area (Å²) in [5.74, 6) is 0.698. The van der Waals surface area contributed by atoms with Crippen LogP contribution in [0.25, 0.3) is 0 Å². The molecule has 3 heteroatoms. The highest BCUT2D eigenvalue weighted by atomic mass is 16.5. The van der Waals surface area contributed by atoms with Crippen molar-refractivity contribution < 1.29 is 14.6 Å². The number of allylic oxidation sites excluding steroid dienone is 2. The lowest BCUT2D eigenvalue weighted by Gasteiger charge is -2.31. The normalized spacial score (nSPS) is 34.7. The van der Waals surface area contributed by atoms with E-state index in [2.05, 4.69) is 13.8 Å². The molecule has 0 radical (unpaired) electrons. The highest BCUT2D eigenvalue weighted by Gasteiger charge is 2.48. The Labute approximate surface area is 89.4 Å². The topological polar surface area (TPSA) is 46.5 Å². The second-order valence-corrected chi connectivity index (χ2v) is 4.84. The number of aliphatic hydroxyl groups is 1. The molecule has 1 N–H and O–H groups in total. The fraction of sp³-hybridized carbons (Fsp3) is 0.583. The third-order valence-electron chi connectivity index (χ3n) is 3.27. The molecule has 2 atom stereocenters. The van der Waals surface area contributed by atoms with Crippen LogP contribution in [0.4, 0.5) is 0 Å². The van der Waals surface area contributed by atoms with Crippen molar-refractivity contribution in [3.8, 4) is 0 Å². The van der Waals surface area contributed by atoms with E-state index in [4.69, 9.17) is 4.74 Å². The summed E-state index contributed by atoms with van der Waals surface area (Å²) in [6.07, 6.45) is 3.36. The minimum atomic E-state index is -0.624. The van der Waals surface area contributed by atoms with E-state index in [9.17, 15) is 9.90 Å². The lowest BCUT2D eigenvalue weighted by Crippen LogP contribution is -2.33. The number of fused-ring (bicyclic) bond motifs is 1. The van der Waals surface area contributed by atoms with Gasteiger partial charge in [0.25, 0.3) is 0 Å². The van der Waals surface area contributed by atoms with Gasteiger partial charge < -0.3 is 9.84 Å². The van der Waals surface area contributed by atoms with E-state index >= 15 is 0 Å². The standard InChI is InChI=1S/C12H16O3/c1-7(2)8-4-9(13)12(3)6-11(14)15-10(12)5-8/h4-5,7,9,13H,6H2,1-3H3/t9-,12-/m0/s1. The van der Waals surface area contributed by atoms with Crippen molar-refractivity contribution in [2.45, 2.75) is 33.3 Å². The van der Waals surface area contributed by atoms with Crippen LogP contribution in [0.1, 0.15) is 27.2 Å². The Balaban J connectivity index is 2.39. The summed E-state index contributed by atoms with van der Waals surface area (Å²) in [6.45, 7) is 5.96. The van der Waals surface area contributed by atoms with Crippen LogP contribution in [-0.2, 0) is 9.53 Å². The number of aliphatic hydroxyl groups excluding tert-OH is 1. The molecule has 2 aliphatic rings. The summed E-state index contributed by atoms with van der Waals surface area (Å²) >= 11 is 0. The molecule has 3 nitrogen and oxygen atoms in total. The maximum Gasteiger partial charge on any atom is 0.312 e. The van der Waals surface area contributed by atoms with Crippen molar-refractivity contribution >= 4 is 5.97 Å². The average molecular weight is 208 g/mol. The van der Waals surface area contributed by atoms with Gasteiger partial charge in [-0.25, -0.2) is 0 Å². The molecule has 0 aromatic heterocycles. The van der Waals surface area contributed by atoms with Crippen molar-refractivity contribution in [1.82, 2.24) is 0 Å². The first-order valence-electron chi connectivity index (χ1n) is 5.26. The van der Waals surface area contributed by atoms with Crippen LogP contribution in [0.2, 0.25) is 0 Å². The van der Waals surface area contributed by atoms with Crippen LogP contribution >= 0.6 is 0 Å². The predicted molar refractivity (Wildman–Crippen MR) is 55.8 cm³/mol. The van der Waals surface area contributed by atoms with Crippen LogP contribution in [-0.4, -0.2) is 17.2 Å². The van der Waals surface area contributed by atoms with Gasteiger partial charge in [-0.1, -0.05) is 19.9 Å². The van der Waals surface area contributed by atoms with Gasteiger partial charge in [0.05, 0.1) is 17.9 Å². The molecule has 0 amide bonds. The van der Waals surface area contributed by atoms with Crippen LogP contribution in [0.15, 0.2) is 23.5 Å². The molecule has 0 aromatic carbocycles. The van der Waals surface area contributed by atoms with E-state index < -0.39 is 11.5 Å². The number of ether oxygens (including phenoxy) is 1. The molecular formula is C12H16O3. The zero-order valence-electron chi connectivity index (χ0n) is 9.28. The fourth-order valence-electron chi connectivity index (χ4n) is 2.03. The first-order chi connectivity index (χ1) is 6.93. The molecule has 0 aromatic rings. The second-order valence-electron chi connectivity index (χ2n) is 4.84. The quantitative estimate of drug-likeness (QED) is 0.668. The van der Waals surface area contributed by atoms with Crippen molar-refractivity contribution in [3.63, 3.8) is 0 Å². The Bertz CT molecular complexity index is 365. The van der Waals surface area contributed by atoms with Gasteiger partial charge in [-0.3, -0.25) is 4.79 Å². The van der Waals surface area contributed by atoms with Gasteiger partial charge in [0.2, 0.25) is 0 Å². The number of esters is 1. The maximum atomic E-state index is 11.2. The first kappa shape index (κ1) is 10.4. The summed E-state index contributed by atoms with van der Waals surface area (Å²) in [7, 11) is 0. The Kier molecular flexibility index (Phi) is 2.23. The minimum Gasteiger partial charge on any atom is -0.430 e. The molecule has 15 heavy (non-hydrogen) atoms. The Morgan fingerprint density at radius 3 is 2.87 bits per heavy atom. The van der Waals surface area contributed by atoms with Gasteiger partial charge in [-0.05, 0) is 24.5 Å². The van der Waals surface area contributed by atoms with Crippen molar-refractivity contribution in [2.24, 2.45) is 11.3 Å². The van der Waals surface area contributed by atoms with Crippen LogP contribution < -0.4 is 0 Å². The Morgan fingerprint density at radius 2 is 2.27 bits per heavy atom. The second kappa shape index (κ2) is 3.20. The third kappa shape index (κ3) is 1.51. The molecule has 2 rings (SSSR count). The molecule has 0 bridgehead atoms. The lowest BCUT2D eigenvalue weighted by atomic mass is 9.75. The number of hydrogen-bond donors (Lipinski definition) is 1. The average Bonchev–Trinajstić information content (AvgIpc) is 2.41. The zero-order chi connectivity index (χ0) is 11.2. The monoisotopic (exact) mass is 208 g/mol. The molecule has 1 aliphatic carbocycles. The van der Waals surface area contributed by atoms with Gasteiger partial charge in [0.15, 0.2) is 0 Å². The van der Waals surface area contributed by atoms with Crippen LogP contribution in [0.3, 0.4) is 0 Å². The lowest BCUT2D eigenvalue weighted by molar-refractivity contribution is -0.135. The fourth-order valence-corrected chi connectivity index (χ4v) is 2.03. The SMILES string of the molecule is CC(C)C1=C[C@H](O)[C@]2(C)CC(=O)OC2=C1. The number of hydrogen-bond acceptors (Lipinski definition) is 3. The number of rotatable bonds is 1. The number of carbonyl (C=O) groups is 1. The largest absolute Gasteiger partial charge is 0.430 e. The molecular weight excluding hydrogens is 192 g/mol. The van der Waals surface area contributed by atoms with Gasteiger partial charge in [0, 0.05) is 0 Å². The molecule has 1 fully saturated rings. The van der Waals surface area contributed by atoms with Crippen molar-refractivity contribution in [1.29, 1.82) is 0 Å². The van der Waals surface area contributed by atoms with E-state index in [-0.39, 0.29) is 12.4 Å². The van der Waals surface area contributed by atoms with Gasteiger partial charge in [-0.15, -0.1) is 0 Å². The van der Waals surface area contributed by atoms with Gasteiger partial charge in [0.1, 0.15) is 5.76 Å². The summed E-state index contributed by atoms with van der Waals surface area (Å²) < 4.78 is 5.14. The molecule has 1 heterocycles. The third-order valence-corrected chi connectivity index (χ3v) is 3.27. The number of carbonyl (C=O) groups excluding carboxylic acids is 1. The summed E-state index contributed by atoms with van der Waals surface area (Å²) in [5, 5.41) is 10.0. The van der Waals surface area contributed by atoms with E-state index in [1.807, 2.05) is 19.1 Å². The molecule has 0 unspecified atom stereocenters. The van der Waals surface area contributed by atoms with Gasteiger partial charge >= 0.3 is 5.97 Å². The van der Waals surface area contributed by atoms with E-state index in [1.54, 1.807) is 0 Å². The summed E-state index contributed by atoms with van der Waals surface area (Å²) in [6, 6.07) is 0. The van der Waals surface area contributed by atoms with Crippen molar-refractivity contribution in [3.05, 3.63) is 23.5 Å².